The van der Waals surface area contributed by atoms with Crippen molar-refractivity contribution >= 4 is 27.5 Å². The van der Waals surface area contributed by atoms with E-state index in [4.69, 9.17) is 0 Å². The van der Waals surface area contributed by atoms with Crippen LogP contribution in [0.5, 0.6) is 0 Å². The monoisotopic (exact) mass is 352 g/mol. The van der Waals surface area contributed by atoms with E-state index in [9.17, 15) is 4.79 Å². The molecule has 0 aliphatic carbocycles. The van der Waals surface area contributed by atoms with Crippen LogP contribution in [0.15, 0.2) is 48.5 Å². The minimum atomic E-state index is 0.215. The Hall–Kier alpha value is -2.20. The van der Waals surface area contributed by atoms with Crippen LogP contribution in [0.1, 0.15) is 35.4 Å². The molecule has 2 aromatic carbocycles. The number of benzene rings is 2. The van der Waals surface area contributed by atoms with E-state index in [1.165, 1.54) is 20.8 Å². The third-order valence-corrected chi connectivity index (χ3v) is 5.56. The topological polar surface area (TPSA) is 33.2 Å². The second-order valence-corrected chi connectivity index (χ2v) is 7.57. The van der Waals surface area contributed by atoms with Crippen LogP contribution in [0.2, 0.25) is 0 Å². The molecule has 0 spiro atoms. The van der Waals surface area contributed by atoms with Crippen molar-refractivity contribution in [3.63, 3.8) is 0 Å². The number of aromatic nitrogens is 1. The predicted molar refractivity (Wildman–Crippen MR) is 105 cm³/mol. The fourth-order valence-electron chi connectivity index (χ4n) is 2.90. The standard InChI is InChI=1S/C21H24N2OS/c1-16-9-3-4-10-17(16)15-23(2)21(24)14-8-7-13-20-22-18-11-5-6-12-19(18)25-20/h3-6,9-12H,7-8,13-15H2,1-2H3. The lowest BCUT2D eigenvalue weighted by Crippen LogP contribution is -2.26. The molecular weight excluding hydrogens is 328 g/mol. The van der Waals surface area contributed by atoms with E-state index >= 15 is 0 Å². The van der Waals surface area contributed by atoms with Crippen LogP contribution in [0.4, 0.5) is 0 Å². The van der Waals surface area contributed by atoms with Gasteiger partial charge in [-0.15, -0.1) is 11.3 Å². The number of hydrogen-bond acceptors (Lipinski definition) is 3. The van der Waals surface area contributed by atoms with Crippen LogP contribution in [-0.2, 0) is 17.8 Å². The van der Waals surface area contributed by atoms with E-state index in [1.807, 2.05) is 36.2 Å². The highest BCUT2D eigenvalue weighted by Gasteiger charge is 2.10. The smallest absolute Gasteiger partial charge is 0.222 e. The molecule has 0 aliphatic rings. The number of thiazole rings is 1. The molecule has 1 heterocycles. The van der Waals surface area contributed by atoms with Crippen molar-refractivity contribution in [3.05, 3.63) is 64.7 Å². The SMILES string of the molecule is Cc1ccccc1CN(C)C(=O)CCCCc1nc2ccccc2s1. The second kappa shape index (κ2) is 8.26. The minimum absolute atomic E-state index is 0.215. The average molecular weight is 353 g/mol. The molecule has 0 saturated carbocycles. The molecule has 0 aliphatic heterocycles. The average Bonchev–Trinajstić information content (AvgIpc) is 3.03. The van der Waals surface area contributed by atoms with Gasteiger partial charge in [0.15, 0.2) is 0 Å². The molecule has 3 aromatic rings. The zero-order chi connectivity index (χ0) is 17.6. The Kier molecular flexibility index (Phi) is 5.82. The molecule has 0 saturated heterocycles. The molecule has 130 valence electrons. The Labute approximate surface area is 153 Å². The summed E-state index contributed by atoms with van der Waals surface area (Å²) in [6, 6.07) is 16.5. The zero-order valence-electron chi connectivity index (χ0n) is 14.9. The van der Waals surface area contributed by atoms with Gasteiger partial charge in [0, 0.05) is 20.0 Å². The highest BCUT2D eigenvalue weighted by atomic mass is 32.1. The molecule has 3 rings (SSSR count). The Morgan fingerprint density at radius 3 is 2.64 bits per heavy atom. The van der Waals surface area contributed by atoms with Crippen molar-refractivity contribution < 1.29 is 4.79 Å². The molecule has 0 bridgehead atoms. The molecule has 0 fully saturated rings. The highest BCUT2D eigenvalue weighted by molar-refractivity contribution is 7.18. The van der Waals surface area contributed by atoms with Gasteiger partial charge in [-0.2, -0.15) is 0 Å². The predicted octanol–water partition coefficient (Wildman–Crippen LogP) is 4.98. The Morgan fingerprint density at radius 1 is 1.08 bits per heavy atom. The molecule has 1 aromatic heterocycles. The maximum Gasteiger partial charge on any atom is 0.222 e. The maximum absolute atomic E-state index is 12.3. The molecule has 25 heavy (non-hydrogen) atoms. The van der Waals surface area contributed by atoms with E-state index in [0.29, 0.717) is 13.0 Å². The minimum Gasteiger partial charge on any atom is -0.341 e. The van der Waals surface area contributed by atoms with Crippen LogP contribution in [0.25, 0.3) is 10.2 Å². The fourth-order valence-corrected chi connectivity index (χ4v) is 3.91. The first-order chi connectivity index (χ1) is 12.1. The van der Waals surface area contributed by atoms with Gasteiger partial charge in [-0.3, -0.25) is 4.79 Å². The van der Waals surface area contributed by atoms with Crippen molar-refractivity contribution in [1.82, 2.24) is 9.88 Å². The molecule has 0 radical (unpaired) electrons. The zero-order valence-corrected chi connectivity index (χ0v) is 15.7. The van der Waals surface area contributed by atoms with Gasteiger partial charge in [0.1, 0.15) is 0 Å². The van der Waals surface area contributed by atoms with Gasteiger partial charge in [0.25, 0.3) is 0 Å². The number of nitrogens with zero attached hydrogens (tertiary/aromatic N) is 2. The van der Waals surface area contributed by atoms with Crippen molar-refractivity contribution in [2.24, 2.45) is 0 Å². The first-order valence-corrected chi connectivity index (χ1v) is 9.58. The summed E-state index contributed by atoms with van der Waals surface area (Å²) in [6.45, 7) is 2.77. The lowest BCUT2D eigenvalue weighted by atomic mass is 10.1. The largest absolute Gasteiger partial charge is 0.341 e. The highest BCUT2D eigenvalue weighted by Crippen LogP contribution is 2.23. The number of amides is 1. The number of carbonyl (C=O) groups excluding carboxylic acids is 1. The van der Waals surface area contributed by atoms with Gasteiger partial charge in [0.2, 0.25) is 5.91 Å². The first kappa shape index (κ1) is 17.6. The molecule has 0 unspecified atom stereocenters. The van der Waals surface area contributed by atoms with Gasteiger partial charge in [-0.25, -0.2) is 4.98 Å². The van der Waals surface area contributed by atoms with Crippen LogP contribution in [-0.4, -0.2) is 22.8 Å². The number of carbonyl (C=O) groups is 1. The van der Waals surface area contributed by atoms with Crippen LogP contribution in [0.3, 0.4) is 0 Å². The van der Waals surface area contributed by atoms with Crippen molar-refractivity contribution in [3.8, 4) is 0 Å². The van der Waals surface area contributed by atoms with Gasteiger partial charge in [0.05, 0.1) is 15.2 Å². The van der Waals surface area contributed by atoms with E-state index in [-0.39, 0.29) is 5.91 Å². The van der Waals surface area contributed by atoms with Gasteiger partial charge in [-0.05, 0) is 49.4 Å². The van der Waals surface area contributed by atoms with E-state index < -0.39 is 0 Å². The summed E-state index contributed by atoms with van der Waals surface area (Å²) in [5, 5.41) is 1.17. The van der Waals surface area contributed by atoms with E-state index in [1.54, 1.807) is 11.3 Å². The summed E-state index contributed by atoms with van der Waals surface area (Å²) in [6.07, 6.45) is 3.47. The lowest BCUT2D eigenvalue weighted by Gasteiger charge is -2.18. The number of para-hydroxylation sites is 1. The summed E-state index contributed by atoms with van der Waals surface area (Å²) in [5.74, 6) is 0.215. The van der Waals surface area contributed by atoms with Gasteiger partial charge >= 0.3 is 0 Å². The van der Waals surface area contributed by atoms with Crippen molar-refractivity contribution in [2.45, 2.75) is 39.2 Å². The summed E-state index contributed by atoms with van der Waals surface area (Å²) in [5.41, 5.74) is 3.53. The normalized spacial score (nSPS) is 11.0. The first-order valence-electron chi connectivity index (χ1n) is 8.76. The molecular formula is C21H24N2OS. The maximum atomic E-state index is 12.3. The summed E-state index contributed by atoms with van der Waals surface area (Å²) in [4.78, 5) is 18.8. The molecule has 0 N–H and O–H groups in total. The Morgan fingerprint density at radius 2 is 1.84 bits per heavy atom. The van der Waals surface area contributed by atoms with Gasteiger partial charge in [-0.1, -0.05) is 36.4 Å². The van der Waals surface area contributed by atoms with Gasteiger partial charge < -0.3 is 4.90 Å². The summed E-state index contributed by atoms with van der Waals surface area (Å²) in [7, 11) is 1.89. The molecule has 0 atom stereocenters. The number of unbranched alkanes of at least 4 members (excludes halogenated alkanes) is 1. The quantitative estimate of drug-likeness (QED) is 0.562. The molecule has 4 heteroatoms. The second-order valence-electron chi connectivity index (χ2n) is 6.46. The van der Waals surface area contributed by atoms with Crippen LogP contribution >= 0.6 is 11.3 Å². The van der Waals surface area contributed by atoms with Crippen molar-refractivity contribution in [1.29, 1.82) is 0 Å². The van der Waals surface area contributed by atoms with Crippen molar-refractivity contribution in [2.75, 3.05) is 7.05 Å². The van der Waals surface area contributed by atoms with E-state index in [0.717, 1.165) is 24.8 Å². The summed E-state index contributed by atoms with van der Waals surface area (Å²) >= 11 is 1.76. The lowest BCUT2D eigenvalue weighted by molar-refractivity contribution is -0.130. The Bertz CT molecular complexity index is 823. The third kappa shape index (κ3) is 4.67. The molecule has 1 amide bonds. The third-order valence-electron chi connectivity index (χ3n) is 4.46. The number of hydrogen-bond donors (Lipinski definition) is 0. The number of rotatable bonds is 7. The number of fused-ring (bicyclic) bond motifs is 1. The fraction of sp³-hybridized carbons (Fsp3) is 0.333. The van der Waals surface area contributed by atoms with Crippen LogP contribution in [0, 0.1) is 6.92 Å². The Balaban J connectivity index is 1.43. The summed E-state index contributed by atoms with van der Waals surface area (Å²) < 4.78 is 1.24. The van der Waals surface area contributed by atoms with Crippen LogP contribution < -0.4 is 0 Å². The molecule has 3 nitrogen and oxygen atoms in total. The van der Waals surface area contributed by atoms with E-state index in [2.05, 4.69) is 36.2 Å². The number of aryl methyl sites for hydroxylation is 2.